The minimum absolute atomic E-state index is 0.0389. The van der Waals surface area contributed by atoms with Gasteiger partial charge >= 0.3 is 0 Å². The van der Waals surface area contributed by atoms with E-state index in [4.69, 9.17) is 0 Å². The molecule has 0 unspecified atom stereocenters. The molecule has 0 bridgehead atoms. The zero-order chi connectivity index (χ0) is 13.8. The number of carbonyl (C=O) groups is 1. The summed E-state index contributed by atoms with van der Waals surface area (Å²) in [6.45, 7) is 4.62. The fraction of sp³-hybridized carbons (Fsp3) is 0.462. The lowest BCUT2D eigenvalue weighted by Gasteiger charge is -2.22. The number of thioether (sulfide) groups is 1. The molecular formula is C13H19FN2OS. The molecule has 2 N–H and O–H groups in total. The van der Waals surface area contributed by atoms with E-state index in [2.05, 4.69) is 10.6 Å². The quantitative estimate of drug-likeness (QED) is 0.864. The molecule has 0 aliphatic heterocycles. The maximum absolute atomic E-state index is 13.5. The van der Waals surface area contributed by atoms with Gasteiger partial charge in [-0.1, -0.05) is 6.07 Å². The van der Waals surface area contributed by atoms with Crippen molar-refractivity contribution >= 4 is 23.4 Å². The first-order valence-electron chi connectivity index (χ1n) is 5.71. The standard InChI is InChI=1S/C13H19FN2OS/c1-13(2,18-4)8-16-12(17)9-6-5-7-10(14)11(9)15-3/h5-7,15H,8H2,1-4H3,(H,16,17). The fourth-order valence-electron chi connectivity index (χ4n) is 1.43. The third kappa shape index (κ3) is 3.63. The van der Waals surface area contributed by atoms with E-state index >= 15 is 0 Å². The largest absolute Gasteiger partial charge is 0.385 e. The zero-order valence-electron chi connectivity index (χ0n) is 11.1. The zero-order valence-corrected chi connectivity index (χ0v) is 12.0. The van der Waals surface area contributed by atoms with Gasteiger partial charge < -0.3 is 10.6 Å². The third-order valence-corrected chi connectivity index (χ3v) is 3.98. The van der Waals surface area contributed by atoms with Crippen LogP contribution in [0.15, 0.2) is 18.2 Å². The SMILES string of the molecule is CNc1c(F)cccc1C(=O)NCC(C)(C)SC. The van der Waals surface area contributed by atoms with Gasteiger partial charge in [0.2, 0.25) is 0 Å². The second-order valence-electron chi connectivity index (χ2n) is 4.56. The Bertz CT molecular complexity index is 435. The molecule has 0 aromatic heterocycles. The molecule has 1 aromatic rings. The van der Waals surface area contributed by atoms with Gasteiger partial charge in [-0.2, -0.15) is 11.8 Å². The van der Waals surface area contributed by atoms with Crippen LogP contribution in [0, 0.1) is 5.82 Å². The molecule has 0 saturated carbocycles. The minimum Gasteiger partial charge on any atom is -0.385 e. The van der Waals surface area contributed by atoms with Crippen molar-refractivity contribution in [3.63, 3.8) is 0 Å². The number of benzene rings is 1. The molecular weight excluding hydrogens is 251 g/mol. The van der Waals surface area contributed by atoms with Gasteiger partial charge in [0.25, 0.3) is 5.91 Å². The Kier molecular flexibility index (Phi) is 5.02. The van der Waals surface area contributed by atoms with E-state index in [0.717, 1.165) is 0 Å². The molecule has 1 amide bonds. The molecule has 0 atom stereocenters. The number of carbonyl (C=O) groups excluding carboxylic acids is 1. The van der Waals surface area contributed by atoms with E-state index in [1.54, 1.807) is 24.9 Å². The molecule has 100 valence electrons. The van der Waals surface area contributed by atoms with Crippen LogP contribution in [-0.4, -0.2) is 30.5 Å². The maximum Gasteiger partial charge on any atom is 0.253 e. The number of nitrogens with one attached hydrogen (secondary N) is 2. The van der Waals surface area contributed by atoms with Crippen LogP contribution in [0.5, 0.6) is 0 Å². The Hall–Kier alpha value is -1.23. The predicted octanol–water partition coefficient (Wildman–Crippen LogP) is 2.74. The van der Waals surface area contributed by atoms with Crippen molar-refractivity contribution in [1.82, 2.24) is 5.32 Å². The summed E-state index contributed by atoms with van der Waals surface area (Å²) in [5.41, 5.74) is 0.561. The molecule has 0 heterocycles. The normalized spacial score (nSPS) is 11.2. The summed E-state index contributed by atoms with van der Waals surface area (Å²) < 4.78 is 13.5. The smallest absolute Gasteiger partial charge is 0.253 e. The van der Waals surface area contributed by atoms with Crippen molar-refractivity contribution in [2.24, 2.45) is 0 Å². The second kappa shape index (κ2) is 6.09. The van der Waals surface area contributed by atoms with Gasteiger partial charge in [-0.25, -0.2) is 4.39 Å². The summed E-state index contributed by atoms with van der Waals surface area (Å²) in [5.74, 6) is -0.685. The summed E-state index contributed by atoms with van der Waals surface area (Å²) in [7, 11) is 1.60. The van der Waals surface area contributed by atoms with Crippen LogP contribution in [0.4, 0.5) is 10.1 Å². The molecule has 0 aliphatic rings. The van der Waals surface area contributed by atoms with Gasteiger partial charge in [-0.15, -0.1) is 0 Å². The molecule has 3 nitrogen and oxygen atoms in total. The Morgan fingerprint density at radius 2 is 2.11 bits per heavy atom. The Morgan fingerprint density at radius 3 is 2.67 bits per heavy atom. The van der Waals surface area contributed by atoms with Crippen LogP contribution in [0.2, 0.25) is 0 Å². The minimum atomic E-state index is -0.422. The molecule has 1 aromatic carbocycles. The third-order valence-electron chi connectivity index (χ3n) is 2.74. The molecule has 1 rings (SSSR count). The number of anilines is 1. The lowest BCUT2D eigenvalue weighted by molar-refractivity contribution is 0.0951. The van der Waals surface area contributed by atoms with Crippen molar-refractivity contribution < 1.29 is 9.18 Å². The molecule has 18 heavy (non-hydrogen) atoms. The highest BCUT2D eigenvalue weighted by Gasteiger charge is 2.19. The fourth-order valence-corrected chi connectivity index (χ4v) is 1.64. The average molecular weight is 270 g/mol. The summed E-state index contributed by atoms with van der Waals surface area (Å²) in [6, 6.07) is 4.47. The lowest BCUT2D eigenvalue weighted by Crippen LogP contribution is -2.36. The first-order chi connectivity index (χ1) is 8.41. The highest BCUT2D eigenvalue weighted by molar-refractivity contribution is 7.99. The van der Waals surface area contributed by atoms with Gasteiger partial charge in [-0.05, 0) is 32.2 Å². The molecule has 0 spiro atoms. The van der Waals surface area contributed by atoms with Crippen LogP contribution >= 0.6 is 11.8 Å². The predicted molar refractivity (Wildman–Crippen MR) is 75.9 cm³/mol. The summed E-state index contributed by atoms with van der Waals surface area (Å²) in [4.78, 5) is 12.0. The van der Waals surface area contributed by atoms with E-state index < -0.39 is 5.82 Å². The molecule has 0 saturated heterocycles. The second-order valence-corrected chi connectivity index (χ2v) is 6.07. The number of hydrogen-bond donors (Lipinski definition) is 2. The van der Waals surface area contributed by atoms with Crippen LogP contribution < -0.4 is 10.6 Å². The number of halogens is 1. The topological polar surface area (TPSA) is 41.1 Å². The summed E-state index contributed by atoms with van der Waals surface area (Å²) >= 11 is 1.67. The van der Waals surface area contributed by atoms with Crippen molar-refractivity contribution in [3.05, 3.63) is 29.6 Å². The van der Waals surface area contributed by atoms with E-state index in [9.17, 15) is 9.18 Å². The highest BCUT2D eigenvalue weighted by atomic mass is 32.2. The number of hydrogen-bond acceptors (Lipinski definition) is 3. The Balaban J connectivity index is 2.82. The highest BCUT2D eigenvalue weighted by Crippen LogP contribution is 2.21. The maximum atomic E-state index is 13.5. The lowest BCUT2D eigenvalue weighted by atomic mass is 10.1. The van der Waals surface area contributed by atoms with Gasteiger partial charge in [0.1, 0.15) is 5.82 Å². The Morgan fingerprint density at radius 1 is 1.44 bits per heavy atom. The van der Waals surface area contributed by atoms with E-state index in [1.165, 1.54) is 12.1 Å². The van der Waals surface area contributed by atoms with Crippen LogP contribution in [0.25, 0.3) is 0 Å². The summed E-state index contributed by atoms with van der Waals surface area (Å²) in [6.07, 6.45) is 1.99. The summed E-state index contributed by atoms with van der Waals surface area (Å²) in [5, 5.41) is 5.54. The first-order valence-corrected chi connectivity index (χ1v) is 6.93. The molecule has 0 radical (unpaired) electrons. The first kappa shape index (κ1) is 14.8. The van der Waals surface area contributed by atoms with E-state index in [1.807, 2.05) is 20.1 Å². The van der Waals surface area contributed by atoms with Gasteiger partial charge in [-0.3, -0.25) is 4.79 Å². The molecule has 0 aliphatic carbocycles. The number of rotatable bonds is 5. The van der Waals surface area contributed by atoms with Crippen molar-refractivity contribution in [3.8, 4) is 0 Å². The average Bonchev–Trinajstić information content (AvgIpc) is 2.35. The van der Waals surface area contributed by atoms with Crippen LogP contribution in [-0.2, 0) is 0 Å². The Labute approximate surface area is 112 Å². The van der Waals surface area contributed by atoms with Crippen LogP contribution in [0.3, 0.4) is 0 Å². The number of amides is 1. The van der Waals surface area contributed by atoms with Gasteiger partial charge in [0, 0.05) is 18.3 Å². The monoisotopic (exact) mass is 270 g/mol. The van der Waals surface area contributed by atoms with Crippen molar-refractivity contribution in [1.29, 1.82) is 0 Å². The van der Waals surface area contributed by atoms with Crippen molar-refractivity contribution in [2.75, 3.05) is 25.2 Å². The van der Waals surface area contributed by atoms with Crippen molar-refractivity contribution in [2.45, 2.75) is 18.6 Å². The number of para-hydroxylation sites is 1. The van der Waals surface area contributed by atoms with Crippen LogP contribution in [0.1, 0.15) is 24.2 Å². The van der Waals surface area contributed by atoms with E-state index in [-0.39, 0.29) is 16.3 Å². The molecule has 5 heteroatoms. The van der Waals surface area contributed by atoms with E-state index in [0.29, 0.717) is 12.1 Å². The van der Waals surface area contributed by atoms with Gasteiger partial charge in [0.05, 0.1) is 11.3 Å². The van der Waals surface area contributed by atoms with Gasteiger partial charge in [0.15, 0.2) is 0 Å². The molecule has 0 fully saturated rings.